The number of nitrogens with two attached hydrogens (primary N) is 1. The van der Waals surface area contributed by atoms with Crippen LogP contribution in [0.4, 0.5) is 10.2 Å². The van der Waals surface area contributed by atoms with Crippen molar-refractivity contribution in [1.29, 1.82) is 0 Å². The molecular formula is C11H11ClFN3O2. The first-order valence-corrected chi connectivity index (χ1v) is 5.38. The van der Waals surface area contributed by atoms with Crippen LogP contribution in [0.25, 0.3) is 11.1 Å². The minimum atomic E-state index is -0.817. The molecule has 0 aliphatic carbocycles. The molecule has 7 heteroatoms. The molecule has 0 aliphatic heterocycles. The van der Waals surface area contributed by atoms with Gasteiger partial charge in [-0.15, -0.1) is 0 Å². The van der Waals surface area contributed by atoms with Gasteiger partial charge < -0.3 is 15.6 Å². The molecule has 0 bridgehead atoms. The Labute approximate surface area is 108 Å². The third kappa shape index (κ3) is 1.74. The summed E-state index contributed by atoms with van der Waals surface area (Å²) in [5.41, 5.74) is 6.52. The zero-order chi connectivity index (χ0) is 13.4. The van der Waals surface area contributed by atoms with Crippen LogP contribution in [0, 0.1) is 5.82 Å². The van der Waals surface area contributed by atoms with Gasteiger partial charge in [0.1, 0.15) is 5.82 Å². The van der Waals surface area contributed by atoms with Crippen LogP contribution in [0.2, 0.25) is 5.02 Å². The molecule has 18 heavy (non-hydrogen) atoms. The minimum absolute atomic E-state index is 0.164. The predicted octanol–water partition coefficient (Wildman–Crippen LogP) is 2.18. The van der Waals surface area contributed by atoms with Gasteiger partial charge in [-0.3, -0.25) is 4.68 Å². The summed E-state index contributed by atoms with van der Waals surface area (Å²) in [6, 6.07) is 1.28. The average Bonchev–Trinajstić information content (AvgIpc) is 2.66. The van der Waals surface area contributed by atoms with Crippen LogP contribution in [0.3, 0.4) is 0 Å². The van der Waals surface area contributed by atoms with E-state index in [-0.39, 0.29) is 22.1 Å². The first kappa shape index (κ1) is 12.5. The monoisotopic (exact) mass is 271 g/mol. The molecule has 5 nitrogen and oxygen atoms in total. The molecule has 0 saturated carbocycles. The van der Waals surface area contributed by atoms with Crippen molar-refractivity contribution in [3.05, 3.63) is 23.1 Å². The molecule has 2 aromatic rings. The molecule has 0 amide bonds. The van der Waals surface area contributed by atoms with Crippen LogP contribution in [-0.2, 0) is 7.05 Å². The largest absolute Gasteiger partial charge is 0.504 e. The molecule has 96 valence electrons. The van der Waals surface area contributed by atoms with Crippen molar-refractivity contribution in [3.8, 4) is 22.6 Å². The number of aryl methyl sites for hydroxylation is 1. The number of nitrogen functional groups attached to an aromatic ring is 1. The quantitative estimate of drug-likeness (QED) is 0.878. The molecule has 1 aromatic carbocycles. The smallest absolute Gasteiger partial charge is 0.198 e. The number of phenolic OH excluding ortho intramolecular Hbond substituents is 1. The third-order valence-corrected chi connectivity index (χ3v) is 2.90. The van der Waals surface area contributed by atoms with Crippen molar-refractivity contribution < 1.29 is 14.2 Å². The maximum Gasteiger partial charge on any atom is 0.198 e. The van der Waals surface area contributed by atoms with Crippen molar-refractivity contribution in [3.63, 3.8) is 0 Å². The van der Waals surface area contributed by atoms with E-state index in [0.717, 1.165) is 0 Å². The van der Waals surface area contributed by atoms with Gasteiger partial charge in [0.15, 0.2) is 17.3 Å². The second-order valence-electron chi connectivity index (χ2n) is 3.67. The number of halogens is 2. The molecule has 0 fully saturated rings. The van der Waals surface area contributed by atoms with E-state index in [1.54, 1.807) is 7.05 Å². The lowest BCUT2D eigenvalue weighted by atomic mass is 10.1. The zero-order valence-electron chi connectivity index (χ0n) is 9.74. The Bertz CT molecular complexity index is 613. The number of hydrogen-bond acceptors (Lipinski definition) is 4. The van der Waals surface area contributed by atoms with Crippen LogP contribution in [0.15, 0.2) is 12.3 Å². The third-order valence-electron chi connectivity index (χ3n) is 2.63. The summed E-state index contributed by atoms with van der Waals surface area (Å²) in [4.78, 5) is 0. The van der Waals surface area contributed by atoms with Gasteiger partial charge in [0.2, 0.25) is 0 Å². The van der Waals surface area contributed by atoms with E-state index in [4.69, 9.17) is 22.1 Å². The standard InChI is InChI=1S/C11H11ClFN3O2/c1-16-11(14)6(4-15-16)5-3-7(12)8(13)10(18-2)9(5)17/h3-4,17H,14H2,1-2H3. The van der Waals surface area contributed by atoms with Crippen molar-refractivity contribution >= 4 is 17.4 Å². The lowest BCUT2D eigenvalue weighted by Gasteiger charge is -2.11. The Hall–Kier alpha value is -1.95. The Balaban J connectivity index is 2.73. The minimum Gasteiger partial charge on any atom is -0.504 e. The SMILES string of the molecule is COc1c(O)c(-c2cnn(C)c2N)cc(Cl)c1F. The number of nitrogens with zero attached hydrogens (tertiary/aromatic N) is 2. The number of methoxy groups -OCH3 is 1. The van der Waals surface area contributed by atoms with Gasteiger partial charge >= 0.3 is 0 Å². The van der Waals surface area contributed by atoms with Gasteiger partial charge in [0.05, 0.1) is 18.3 Å². The number of aromatic hydroxyl groups is 1. The van der Waals surface area contributed by atoms with Crippen molar-refractivity contribution in [1.82, 2.24) is 9.78 Å². The van der Waals surface area contributed by atoms with E-state index in [1.807, 2.05) is 0 Å². The van der Waals surface area contributed by atoms with Crippen molar-refractivity contribution in [2.75, 3.05) is 12.8 Å². The fourth-order valence-corrected chi connectivity index (χ4v) is 1.83. The number of anilines is 1. The van der Waals surface area contributed by atoms with E-state index < -0.39 is 5.82 Å². The fourth-order valence-electron chi connectivity index (χ4n) is 1.64. The zero-order valence-corrected chi connectivity index (χ0v) is 10.5. The van der Waals surface area contributed by atoms with Crippen LogP contribution < -0.4 is 10.5 Å². The van der Waals surface area contributed by atoms with Crippen LogP contribution in [0.5, 0.6) is 11.5 Å². The molecule has 0 saturated heterocycles. The molecule has 1 heterocycles. The normalized spacial score (nSPS) is 10.7. The Morgan fingerprint density at radius 2 is 2.17 bits per heavy atom. The summed E-state index contributed by atoms with van der Waals surface area (Å²) in [7, 11) is 2.89. The molecule has 0 atom stereocenters. The summed E-state index contributed by atoms with van der Waals surface area (Å²) in [6.45, 7) is 0. The predicted molar refractivity (Wildman–Crippen MR) is 66.2 cm³/mol. The summed E-state index contributed by atoms with van der Waals surface area (Å²) >= 11 is 5.74. The van der Waals surface area contributed by atoms with E-state index in [1.165, 1.54) is 24.1 Å². The number of phenols is 1. The van der Waals surface area contributed by atoms with Crippen LogP contribution in [-0.4, -0.2) is 22.0 Å². The lowest BCUT2D eigenvalue weighted by molar-refractivity contribution is 0.352. The van der Waals surface area contributed by atoms with Gasteiger partial charge in [-0.1, -0.05) is 11.6 Å². The molecular weight excluding hydrogens is 261 g/mol. The number of rotatable bonds is 2. The second kappa shape index (κ2) is 4.38. The van der Waals surface area contributed by atoms with E-state index in [9.17, 15) is 9.50 Å². The molecule has 1 aromatic heterocycles. The maximum absolute atomic E-state index is 13.6. The van der Waals surface area contributed by atoms with Crippen LogP contribution in [0.1, 0.15) is 0 Å². The molecule has 0 aliphatic rings. The highest BCUT2D eigenvalue weighted by atomic mass is 35.5. The number of ether oxygens (including phenoxy) is 1. The summed E-state index contributed by atoms with van der Waals surface area (Å²) in [5, 5.41) is 13.7. The lowest BCUT2D eigenvalue weighted by Crippen LogP contribution is -1.98. The molecule has 0 spiro atoms. The topological polar surface area (TPSA) is 73.3 Å². The molecule has 3 N–H and O–H groups in total. The molecule has 2 rings (SSSR count). The van der Waals surface area contributed by atoms with Crippen molar-refractivity contribution in [2.24, 2.45) is 7.05 Å². The van der Waals surface area contributed by atoms with E-state index >= 15 is 0 Å². The highest BCUT2D eigenvalue weighted by molar-refractivity contribution is 6.31. The van der Waals surface area contributed by atoms with Gasteiger partial charge in [-0.05, 0) is 6.07 Å². The van der Waals surface area contributed by atoms with Crippen LogP contribution >= 0.6 is 11.6 Å². The number of benzene rings is 1. The summed E-state index contributed by atoms with van der Waals surface area (Å²) < 4.78 is 19.8. The number of aromatic nitrogens is 2. The summed E-state index contributed by atoms with van der Waals surface area (Å²) in [6.07, 6.45) is 1.46. The van der Waals surface area contributed by atoms with Gasteiger partial charge in [0.25, 0.3) is 0 Å². The van der Waals surface area contributed by atoms with E-state index in [0.29, 0.717) is 11.4 Å². The van der Waals surface area contributed by atoms with E-state index in [2.05, 4.69) is 5.10 Å². The molecule has 0 radical (unpaired) electrons. The molecule has 0 unspecified atom stereocenters. The average molecular weight is 272 g/mol. The first-order valence-electron chi connectivity index (χ1n) is 5.00. The Morgan fingerprint density at radius 1 is 1.50 bits per heavy atom. The Kier molecular flexibility index (Phi) is 3.04. The Morgan fingerprint density at radius 3 is 2.67 bits per heavy atom. The highest BCUT2D eigenvalue weighted by Crippen LogP contribution is 2.43. The number of hydrogen-bond donors (Lipinski definition) is 2. The first-order chi connectivity index (χ1) is 8.47. The fraction of sp³-hybridized carbons (Fsp3) is 0.182. The summed E-state index contributed by atoms with van der Waals surface area (Å²) in [5.74, 6) is -1.17. The second-order valence-corrected chi connectivity index (χ2v) is 4.08. The van der Waals surface area contributed by atoms with Gasteiger partial charge in [-0.25, -0.2) is 4.39 Å². The highest BCUT2D eigenvalue weighted by Gasteiger charge is 2.21. The van der Waals surface area contributed by atoms with Crippen molar-refractivity contribution in [2.45, 2.75) is 0 Å². The van der Waals surface area contributed by atoms with Gasteiger partial charge in [-0.2, -0.15) is 5.10 Å². The van der Waals surface area contributed by atoms with Gasteiger partial charge in [0, 0.05) is 18.2 Å². The maximum atomic E-state index is 13.6.